The summed E-state index contributed by atoms with van der Waals surface area (Å²) in [5.41, 5.74) is 15.3. The van der Waals surface area contributed by atoms with Crippen LogP contribution in [-0.4, -0.2) is 15.0 Å². The molecule has 0 radical (unpaired) electrons. The van der Waals surface area contributed by atoms with Gasteiger partial charge in [0.1, 0.15) is 0 Å². The molecule has 1 aromatic heterocycles. The van der Waals surface area contributed by atoms with Crippen molar-refractivity contribution in [2.24, 2.45) is 0 Å². The minimum absolute atomic E-state index is 0.621. The van der Waals surface area contributed by atoms with Crippen LogP contribution in [-0.2, 0) is 0 Å². The van der Waals surface area contributed by atoms with Gasteiger partial charge in [-0.3, -0.25) is 0 Å². The monoisotopic (exact) mass is 786 g/mol. The predicted molar refractivity (Wildman–Crippen MR) is 254 cm³/mol. The van der Waals surface area contributed by atoms with Crippen LogP contribution < -0.4 is 0 Å². The van der Waals surface area contributed by atoms with Gasteiger partial charge in [-0.1, -0.05) is 188 Å². The van der Waals surface area contributed by atoms with Crippen LogP contribution in [0.1, 0.15) is 5.56 Å². The van der Waals surface area contributed by atoms with Gasteiger partial charge < -0.3 is 0 Å². The number of fused-ring (bicyclic) bond motifs is 6. The SMILES string of the molecule is N#Cc1ccc(-c2ccc3c4c(ccc(-c5cccc6c5ccc5ccc(-c7nc(-c8ccccc8)nc(-c8ccc(-c9ccccc9)cc8)n7)cc56)c24)-c2ccccc2-3)cc1. The van der Waals surface area contributed by atoms with Crippen LogP contribution in [0.15, 0.2) is 206 Å². The third-order valence-electron chi connectivity index (χ3n) is 12.3. The van der Waals surface area contributed by atoms with Crippen LogP contribution in [0, 0.1) is 11.3 Å². The van der Waals surface area contributed by atoms with E-state index in [4.69, 9.17) is 15.0 Å². The first kappa shape index (κ1) is 35.4. The Hall–Kier alpha value is -8.52. The van der Waals surface area contributed by atoms with E-state index in [0.717, 1.165) is 60.7 Å². The molecule has 1 aliphatic carbocycles. The van der Waals surface area contributed by atoms with E-state index in [1.165, 1.54) is 44.0 Å². The van der Waals surface area contributed by atoms with E-state index in [1.807, 2.05) is 48.5 Å². The standard InChI is InChI=1S/C58H34N4/c59-35-36-18-20-39(21-19-36)44-30-31-51-45-14-7-8-15-46(45)52-33-32-50(54(44)55(51)52)47-16-9-17-48-49(47)29-28-40-24-27-43(34-53(40)48)58-61-56(41-12-5-2-6-13-41)60-57(62-58)42-25-22-38(23-26-42)37-10-3-1-4-11-37/h1-34H. The Morgan fingerprint density at radius 3 is 1.42 bits per heavy atom. The largest absolute Gasteiger partial charge is 0.208 e. The number of benzene rings is 10. The molecular formula is C58H34N4. The predicted octanol–water partition coefficient (Wildman–Crippen LogP) is 14.9. The fourth-order valence-electron chi connectivity index (χ4n) is 9.34. The lowest BCUT2D eigenvalue weighted by molar-refractivity contribution is 1.07. The van der Waals surface area contributed by atoms with E-state index in [-0.39, 0.29) is 0 Å². The van der Waals surface area contributed by atoms with Crippen molar-refractivity contribution in [2.45, 2.75) is 0 Å². The highest BCUT2D eigenvalue weighted by Gasteiger charge is 2.25. The van der Waals surface area contributed by atoms with Gasteiger partial charge >= 0.3 is 0 Å². The van der Waals surface area contributed by atoms with Crippen LogP contribution in [0.25, 0.3) is 122 Å². The minimum atomic E-state index is 0.621. The molecule has 10 aromatic carbocycles. The highest BCUT2D eigenvalue weighted by molar-refractivity contribution is 6.24. The van der Waals surface area contributed by atoms with Gasteiger partial charge in [0.15, 0.2) is 17.5 Å². The maximum absolute atomic E-state index is 9.60. The number of hydrogen-bond donors (Lipinski definition) is 0. The maximum Gasteiger partial charge on any atom is 0.164 e. The van der Waals surface area contributed by atoms with Gasteiger partial charge in [0.05, 0.1) is 11.6 Å². The summed E-state index contributed by atoms with van der Waals surface area (Å²) >= 11 is 0. The van der Waals surface area contributed by atoms with E-state index in [9.17, 15) is 5.26 Å². The summed E-state index contributed by atoms with van der Waals surface area (Å²) in [5, 5.41) is 16.7. The fraction of sp³-hybridized carbons (Fsp3) is 0. The van der Waals surface area contributed by atoms with Crippen molar-refractivity contribution in [1.82, 2.24) is 15.0 Å². The summed E-state index contributed by atoms with van der Waals surface area (Å²) in [4.78, 5) is 15.3. The van der Waals surface area contributed by atoms with Crippen molar-refractivity contribution in [1.29, 1.82) is 5.26 Å². The zero-order valence-electron chi connectivity index (χ0n) is 33.4. The molecule has 11 aromatic rings. The first-order valence-corrected chi connectivity index (χ1v) is 20.8. The lowest BCUT2D eigenvalue weighted by atomic mass is 9.86. The summed E-state index contributed by atoms with van der Waals surface area (Å²) in [6.07, 6.45) is 0. The molecule has 0 spiro atoms. The summed E-state index contributed by atoms with van der Waals surface area (Å²) in [6.45, 7) is 0. The summed E-state index contributed by atoms with van der Waals surface area (Å²) < 4.78 is 0. The topological polar surface area (TPSA) is 62.5 Å². The van der Waals surface area contributed by atoms with Crippen LogP contribution in [0.2, 0.25) is 0 Å². The molecule has 0 atom stereocenters. The van der Waals surface area contributed by atoms with Gasteiger partial charge in [0.25, 0.3) is 0 Å². The van der Waals surface area contributed by atoms with Crippen molar-refractivity contribution >= 4 is 32.3 Å². The third-order valence-corrected chi connectivity index (χ3v) is 12.3. The molecule has 0 unspecified atom stereocenters. The van der Waals surface area contributed by atoms with Gasteiger partial charge in [-0.25, -0.2) is 15.0 Å². The molecule has 0 N–H and O–H groups in total. The van der Waals surface area contributed by atoms with Crippen molar-refractivity contribution in [3.63, 3.8) is 0 Å². The number of aromatic nitrogens is 3. The number of nitriles is 1. The maximum atomic E-state index is 9.60. The Kier molecular flexibility index (Phi) is 8.19. The van der Waals surface area contributed by atoms with Crippen LogP contribution >= 0.6 is 0 Å². The van der Waals surface area contributed by atoms with Crippen LogP contribution in [0.3, 0.4) is 0 Å². The molecule has 0 saturated heterocycles. The smallest absolute Gasteiger partial charge is 0.164 e. The summed E-state index contributed by atoms with van der Waals surface area (Å²) in [6, 6.07) is 74.7. The molecule has 12 rings (SSSR count). The molecule has 286 valence electrons. The van der Waals surface area contributed by atoms with Crippen molar-refractivity contribution in [3.8, 4) is 95.9 Å². The second-order valence-electron chi connectivity index (χ2n) is 15.8. The third kappa shape index (κ3) is 5.79. The van der Waals surface area contributed by atoms with Crippen molar-refractivity contribution in [3.05, 3.63) is 212 Å². The molecule has 1 aliphatic rings. The van der Waals surface area contributed by atoms with E-state index in [0.29, 0.717) is 23.0 Å². The zero-order valence-corrected chi connectivity index (χ0v) is 33.4. The Bertz CT molecular complexity index is 3580. The lowest BCUT2D eigenvalue weighted by Crippen LogP contribution is -2.00. The highest BCUT2D eigenvalue weighted by Crippen LogP contribution is 2.52. The van der Waals surface area contributed by atoms with Crippen molar-refractivity contribution < 1.29 is 0 Å². The molecule has 1 heterocycles. The second-order valence-corrected chi connectivity index (χ2v) is 15.8. The normalized spacial score (nSPS) is 11.5. The average molecular weight is 787 g/mol. The number of nitrogens with zero attached hydrogens (tertiary/aromatic N) is 4. The van der Waals surface area contributed by atoms with E-state index < -0.39 is 0 Å². The molecule has 0 fully saturated rings. The quantitative estimate of drug-likeness (QED) is 0.158. The Balaban J connectivity index is 1.03. The first-order valence-electron chi connectivity index (χ1n) is 20.8. The highest BCUT2D eigenvalue weighted by atomic mass is 15.0. The number of hydrogen-bond acceptors (Lipinski definition) is 4. The van der Waals surface area contributed by atoms with Gasteiger partial charge in [0.2, 0.25) is 0 Å². The summed E-state index contributed by atoms with van der Waals surface area (Å²) in [5.74, 6) is 1.88. The minimum Gasteiger partial charge on any atom is -0.208 e. The van der Waals surface area contributed by atoms with Gasteiger partial charge in [0, 0.05) is 16.7 Å². The number of rotatable bonds is 6. The molecule has 0 bridgehead atoms. The van der Waals surface area contributed by atoms with Crippen molar-refractivity contribution in [2.75, 3.05) is 0 Å². The Morgan fingerprint density at radius 1 is 0.290 bits per heavy atom. The van der Waals surface area contributed by atoms with Gasteiger partial charge in [-0.2, -0.15) is 5.26 Å². The van der Waals surface area contributed by atoms with Gasteiger partial charge in [-0.05, 0) is 106 Å². The van der Waals surface area contributed by atoms with E-state index in [2.05, 4.69) is 164 Å². The molecule has 0 saturated carbocycles. The van der Waals surface area contributed by atoms with Crippen LogP contribution in [0.4, 0.5) is 0 Å². The molecule has 0 amide bonds. The van der Waals surface area contributed by atoms with E-state index >= 15 is 0 Å². The zero-order chi connectivity index (χ0) is 41.1. The van der Waals surface area contributed by atoms with Gasteiger partial charge in [-0.15, -0.1) is 0 Å². The second kappa shape index (κ2) is 14.3. The Labute approximate surface area is 358 Å². The fourth-order valence-corrected chi connectivity index (χ4v) is 9.34. The first-order chi connectivity index (χ1) is 30.7. The van der Waals surface area contributed by atoms with E-state index in [1.54, 1.807) is 0 Å². The Morgan fingerprint density at radius 2 is 0.758 bits per heavy atom. The molecular weight excluding hydrogens is 753 g/mol. The average Bonchev–Trinajstić information content (AvgIpc) is 3.68. The molecule has 62 heavy (non-hydrogen) atoms. The molecule has 4 heteroatoms. The summed E-state index contributed by atoms with van der Waals surface area (Å²) in [7, 11) is 0. The van der Waals surface area contributed by atoms with Crippen LogP contribution in [0.5, 0.6) is 0 Å². The molecule has 0 aliphatic heterocycles. The molecule has 4 nitrogen and oxygen atoms in total. The lowest BCUT2D eigenvalue weighted by Gasteiger charge is -2.17.